The molecule has 0 unspecified atom stereocenters. The predicted molar refractivity (Wildman–Crippen MR) is 123 cm³/mol. The van der Waals surface area contributed by atoms with Crippen LogP contribution in [0, 0.1) is 0 Å². The number of amides is 2. The molecule has 0 aliphatic heterocycles. The van der Waals surface area contributed by atoms with E-state index in [1.54, 1.807) is 32.2 Å². The molecule has 31 heavy (non-hydrogen) atoms. The second-order valence-corrected chi connectivity index (χ2v) is 7.90. The highest BCUT2D eigenvalue weighted by Gasteiger charge is 2.26. The highest BCUT2D eigenvalue weighted by molar-refractivity contribution is 6.35. The van der Waals surface area contributed by atoms with Gasteiger partial charge in [-0.25, -0.2) is 0 Å². The van der Waals surface area contributed by atoms with Crippen molar-refractivity contribution < 1.29 is 19.1 Å². The van der Waals surface area contributed by atoms with E-state index in [1.165, 1.54) is 4.90 Å². The van der Waals surface area contributed by atoms with E-state index in [1.807, 2.05) is 31.2 Å². The van der Waals surface area contributed by atoms with Crippen molar-refractivity contribution in [2.45, 2.75) is 39.3 Å². The molecule has 6 nitrogen and oxygen atoms in total. The molecule has 0 aliphatic carbocycles. The van der Waals surface area contributed by atoms with Crippen molar-refractivity contribution in [1.29, 1.82) is 0 Å². The fourth-order valence-electron chi connectivity index (χ4n) is 2.90. The zero-order chi connectivity index (χ0) is 22.8. The summed E-state index contributed by atoms with van der Waals surface area (Å²) < 4.78 is 10.9. The van der Waals surface area contributed by atoms with Crippen molar-refractivity contribution in [1.82, 2.24) is 10.2 Å². The number of carbonyl (C=O) groups excluding carboxylic acids is 2. The summed E-state index contributed by atoms with van der Waals surface area (Å²) in [6.45, 7) is 4.29. The topological polar surface area (TPSA) is 67.9 Å². The number of nitrogens with zero attached hydrogens (tertiary/aromatic N) is 1. The van der Waals surface area contributed by atoms with Gasteiger partial charge in [-0.1, -0.05) is 48.7 Å². The molecule has 2 aromatic rings. The first kappa shape index (κ1) is 24.8. The van der Waals surface area contributed by atoms with Crippen LogP contribution in [0.15, 0.2) is 42.5 Å². The average Bonchev–Trinajstić information content (AvgIpc) is 2.76. The highest BCUT2D eigenvalue weighted by atomic mass is 35.5. The Balaban J connectivity index is 2.16. The molecule has 0 heterocycles. The first-order valence-electron chi connectivity index (χ1n) is 10.1. The number of benzene rings is 2. The Kier molecular flexibility index (Phi) is 9.95. The Hall–Kier alpha value is -2.44. The second kappa shape index (κ2) is 12.4. The van der Waals surface area contributed by atoms with Gasteiger partial charge in [0.15, 0.2) is 6.61 Å². The largest absolute Gasteiger partial charge is 0.497 e. The van der Waals surface area contributed by atoms with E-state index in [4.69, 9.17) is 32.7 Å². The first-order chi connectivity index (χ1) is 14.8. The van der Waals surface area contributed by atoms with Crippen LogP contribution in [0.3, 0.4) is 0 Å². The number of hydrogen-bond donors (Lipinski definition) is 1. The average molecular weight is 467 g/mol. The molecule has 2 aromatic carbocycles. The van der Waals surface area contributed by atoms with Crippen LogP contribution in [0.25, 0.3) is 0 Å². The predicted octanol–water partition coefficient (Wildman–Crippen LogP) is 4.71. The van der Waals surface area contributed by atoms with E-state index in [9.17, 15) is 9.59 Å². The molecule has 168 valence electrons. The van der Waals surface area contributed by atoms with Crippen molar-refractivity contribution in [2.75, 3.05) is 20.3 Å². The summed E-state index contributed by atoms with van der Waals surface area (Å²) in [5.74, 6) is 0.469. The third kappa shape index (κ3) is 7.64. The Morgan fingerprint density at radius 2 is 1.94 bits per heavy atom. The minimum absolute atomic E-state index is 0.214. The summed E-state index contributed by atoms with van der Waals surface area (Å²) in [5, 5.41) is 3.67. The molecule has 2 rings (SSSR count). The van der Waals surface area contributed by atoms with Gasteiger partial charge < -0.3 is 19.7 Å². The molecule has 0 bridgehead atoms. The van der Waals surface area contributed by atoms with Crippen molar-refractivity contribution in [2.24, 2.45) is 0 Å². The number of ether oxygens (including phenoxy) is 2. The zero-order valence-electron chi connectivity index (χ0n) is 18.0. The van der Waals surface area contributed by atoms with Gasteiger partial charge in [-0.05, 0) is 49.2 Å². The van der Waals surface area contributed by atoms with Crippen molar-refractivity contribution in [3.05, 3.63) is 58.1 Å². The molecule has 0 spiro atoms. The normalized spacial score (nSPS) is 11.5. The first-order valence-corrected chi connectivity index (χ1v) is 10.9. The van der Waals surface area contributed by atoms with Crippen LogP contribution in [-0.2, 0) is 16.1 Å². The molecule has 1 N–H and O–H groups in total. The van der Waals surface area contributed by atoms with Gasteiger partial charge in [0.25, 0.3) is 5.91 Å². The van der Waals surface area contributed by atoms with Gasteiger partial charge in [-0.15, -0.1) is 0 Å². The number of hydrogen-bond acceptors (Lipinski definition) is 4. The summed E-state index contributed by atoms with van der Waals surface area (Å²) in [7, 11) is 1.58. The number of nitrogens with one attached hydrogen (secondary N) is 1. The third-order valence-corrected chi connectivity index (χ3v) is 5.26. The van der Waals surface area contributed by atoms with Crippen LogP contribution in [0.2, 0.25) is 10.0 Å². The van der Waals surface area contributed by atoms with Crippen molar-refractivity contribution >= 4 is 35.0 Å². The standard InChI is InChI=1S/C23H28Cl2N2O4/c1-4-5-11-26-23(29)16(2)27(14-17-7-6-8-19(12-17)30-3)22(28)15-31-21-10-9-18(24)13-20(21)25/h6-10,12-13,16H,4-5,11,14-15H2,1-3H3,(H,26,29)/t16-/m0/s1. The van der Waals surface area contributed by atoms with E-state index in [0.717, 1.165) is 18.4 Å². The molecule has 1 atom stereocenters. The van der Waals surface area contributed by atoms with Gasteiger partial charge in [-0.3, -0.25) is 9.59 Å². The Morgan fingerprint density at radius 3 is 2.61 bits per heavy atom. The SMILES string of the molecule is CCCCNC(=O)[C@H](C)N(Cc1cccc(OC)c1)C(=O)COc1ccc(Cl)cc1Cl. The summed E-state index contributed by atoms with van der Waals surface area (Å²) in [6.07, 6.45) is 1.84. The van der Waals surface area contributed by atoms with E-state index < -0.39 is 6.04 Å². The maximum Gasteiger partial charge on any atom is 0.261 e. The van der Waals surface area contributed by atoms with Crippen LogP contribution in [-0.4, -0.2) is 43.0 Å². The molecule has 0 radical (unpaired) electrons. The van der Waals surface area contributed by atoms with Crippen LogP contribution in [0.5, 0.6) is 11.5 Å². The molecule has 0 aromatic heterocycles. The van der Waals surface area contributed by atoms with E-state index in [-0.39, 0.29) is 25.0 Å². The fourth-order valence-corrected chi connectivity index (χ4v) is 3.36. The molecular weight excluding hydrogens is 439 g/mol. The number of methoxy groups -OCH3 is 1. The molecular formula is C23H28Cl2N2O4. The summed E-state index contributed by atoms with van der Waals surface area (Å²) in [6, 6.07) is 11.5. The summed E-state index contributed by atoms with van der Waals surface area (Å²) in [5.41, 5.74) is 0.838. The van der Waals surface area contributed by atoms with Gasteiger partial charge in [0, 0.05) is 18.1 Å². The van der Waals surface area contributed by atoms with Gasteiger partial charge in [0.05, 0.1) is 12.1 Å². The lowest BCUT2D eigenvalue weighted by atomic mass is 10.1. The molecule has 0 saturated carbocycles. The quantitative estimate of drug-likeness (QED) is 0.486. The maximum absolute atomic E-state index is 13.1. The van der Waals surface area contributed by atoms with Gasteiger partial charge in [0.2, 0.25) is 5.91 Å². The minimum Gasteiger partial charge on any atom is -0.497 e. The fraction of sp³-hybridized carbons (Fsp3) is 0.391. The van der Waals surface area contributed by atoms with Gasteiger partial charge >= 0.3 is 0 Å². The van der Waals surface area contributed by atoms with E-state index >= 15 is 0 Å². The van der Waals surface area contributed by atoms with Crippen LogP contribution in [0.4, 0.5) is 0 Å². The number of carbonyl (C=O) groups is 2. The van der Waals surface area contributed by atoms with Crippen molar-refractivity contribution in [3.63, 3.8) is 0 Å². The summed E-state index contributed by atoms with van der Waals surface area (Å²) >= 11 is 12.0. The number of unbranched alkanes of at least 4 members (excludes halogenated alkanes) is 1. The summed E-state index contributed by atoms with van der Waals surface area (Å²) in [4.78, 5) is 27.2. The molecule has 0 fully saturated rings. The smallest absolute Gasteiger partial charge is 0.261 e. The molecule has 2 amide bonds. The molecule has 0 saturated heterocycles. The molecule has 8 heteroatoms. The van der Waals surface area contributed by atoms with Crippen LogP contribution in [0.1, 0.15) is 32.3 Å². The Bertz CT molecular complexity index is 892. The second-order valence-electron chi connectivity index (χ2n) is 7.06. The monoisotopic (exact) mass is 466 g/mol. The lowest BCUT2D eigenvalue weighted by Gasteiger charge is -2.29. The lowest BCUT2D eigenvalue weighted by Crippen LogP contribution is -2.49. The van der Waals surface area contributed by atoms with Crippen LogP contribution >= 0.6 is 23.2 Å². The van der Waals surface area contributed by atoms with Gasteiger partial charge in [-0.2, -0.15) is 0 Å². The van der Waals surface area contributed by atoms with Crippen LogP contribution < -0.4 is 14.8 Å². The van der Waals surface area contributed by atoms with E-state index in [0.29, 0.717) is 28.1 Å². The highest BCUT2D eigenvalue weighted by Crippen LogP contribution is 2.27. The zero-order valence-corrected chi connectivity index (χ0v) is 19.5. The Morgan fingerprint density at radius 1 is 1.16 bits per heavy atom. The minimum atomic E-state index is -0.681. The maximum atomic E-state index is 13.1. The number of rotatable bonds is 11. The Labute approximate surface area is 193 Å². The molecule has 0 aliphatic rings. The lowest BCUT2D eigenvalue weighted by molar-refractivity contribution is -0.142. The van der Waals surface area contributed by atoms with Gasteiger partial charge in [0.1, 0.15) is 17.5 Å². The van der Waals surface area contributed by atoms with E-state index in [2.05, 4.69) is 5.32 Å². The number of halogens is 2. The third-order valence-electron chi connectivity index (χ3n) is 4.73. The van der Waals surface area contributed by atoms with Crippen molar-refractivity contribution in [3.8, 4) is 11.5 Å².